The van der Waals surface area contributed by atoms with Gasteiger partial charge in [-0.3, -0.25) is 9.40 Å². The number of ether oxygens (including phenoxy) is 1. The number of halogens is 3. The number of sulfonamides is 1. The van der Waals surface area contributed by atoms with E-state index in [0.717, 1.165) is 38.3 Å². The van der Waals surface area contributed by atoms with E-state index in [9.17, 15) is 21.6 Å². The van der Waals surface area contributed by atoms with Crippen molar-refractivity contribution in [3.63, 3.8) is 0 Å². The van der Waals surface area contributed by atoms with E-state index in [-0.39, 0.29) is 10.9 Å². The third-order valence-corrected chi connectivity index (χ3v) is 6.18. The molecule has 4 heterocycles. The zero-order chi connectivity index (χ0) is 24.1. The normalized spacial score (nSPS) is 19.0. The molecule has 0 amide bonds. The summed E-state index contributed by atoms with van der Waals surface area (Å²) in [6.07, 6.45) is 0.278. The van der Waals surface area contributed by atoms with Gasteiger partial charge in [-0.2, -0.15) is 18.3 Å². The number of aromatic nitrogens is 3. The van der Waals surface area contributed by atoms with E-state index in [1.54, 1.807) is 23.1 Å². The molecule has 0 aliphatic carbocycles. The number of carbonyl (C=O) groups is 1. The van der Waals surface area contributed by atoms with Gasteiger partial charge in [0.2, 0.25) is 0 Å². The predicted molar refractivity (Wildman–Crippen MR) is 111 cm³/mol. The number of carboxylic acids is 1. The van der Waals surface area contributed by atoms with Crippen molar-refractivity contribution < 1.29 is 36.2 Å². The molecule has 15 heteroatoms. The van der Waals surface area contributed by atoms with Gasteiger partial charge in [-0.15, -0.1) is 0 Å². The van der Waals surface area contributed by atoms with Crippen LogP contribution in [-0.4, -0.2) is 79.8 Å². The van der Waals surface area contributed by atoms with Crippen molar-refractivity contribution in [1.82, 2.24) is 20.1 Å². The minimum absolute atomic E-state index is 0.0908. The zero-order valence-corrected chi connectivity index (χ0v) is 18.1. The summed E-state index contributed by atoms with van der Waals surface area (Å²) in [7, 11) is -3.74. The van der Waals surface area contributed by atoms with Crippen LogP contribution >= 0.6 is 0 Å². The fraction of sp³-hybridized carbons (Fsp3) is 0.500. The molecule has 11 nitrogen and oxygen atoms in total. The van der Waals surface area contributed by atoms with Crippen molar-refractivity contribution >= 4 is 27.5 Å². The van der Waals surface area contributed by atoms with Crippen molar-refractivity contribution in [3.8, 4) is 0 Å². The highest BCUT2D eigenvalue weighted by Crippen LogP contribution is 2.22. The first-order chi connectivity index (χ1) is 15.6. The maximum atomic E-state index is 12.7. The number of carboxylic acid groups (broad SMARTS) is 1. The smallest absolute Gasteiger partial charge is 0.475 e. The Morgan fingerprint density at radius 3 is 2.61 bits per heavy atom. The van der Waals surface area contributed by atoms with Crippen LogP contribution < -0.4 is 14.9 Å². The van der Waals surface area contributed by atoms with Gasteiger partial charge in [0.25, 0.3) is 10.0 Å². The Hall–Kier alpha value is -2.91. The van der Waals surface area contributed by atoms with Crippen molar-refractivity contribution in [2.45, 2.75) is 23.5 Å². The first-order valence-electron chi connectivity index (χ1n) is 9.93. The Balaban J connectivity index is 0.000000383. The minimum Gasteiger partial charge on any atom is -0.475 e. The van der Waals surface area contributed by atoms with Gasteiger partial charge >= 0.3 is 12.1 Å². The van der Waals surface area contributed by atoms with Crippen LogP contribution in [-0.2, 0) is 19.6 Å². The molecule has 2 aliphatic rings. The molecule has 2 aliphatic heterocycles. The topological polar surface area (TPSA) is 139 Å². The van der Waals surface area contributed by atoms with Crippen molar-refractivity contribution in [3.05, 3.63) is 30.7 Å². The van der Waals surface area contributed by atoms with E-state index < -0.39 is 22.2 Å². The lowest BCUT2D eigenvalue weighted by molar-refractivity contribution is -0.192. The standard InChI is InChI=1S/C16H22N6O3S.C2HF3O2/c23-26(24,15-10-19-22(11-15)14-2-8-25-12-14)20-16-9-13(1-3-18-16)21-6-4-17-5-7-21;3-2(4,5)1(6)7/h1,3,9-11,14,17H,2,4-8,12H2,(H,18,20);(H,6,7). The monoisotopic (exact) mass is 492 g/mol. The Labute approximate surface area is 187 Å². The summed E-state index contributed by atoms with van der Waals surface area (Å²) in [5, 5.41) is 14.6. The molecule has 33 heavy (non-hydrogen) atoms. The molecule has 2 saturated heterocycles. The molecule has 4 rings (SSSR count). The summed E-state index contributed by atoms with van der Waals surface area (Å²) < 4.78 is 66.6. The molecule has 0 radical (unpaired) electrons. The van der Waals surface area contributed by atoms with Gasteiger partial charge in [-0.1, -0.05) is 0 Å². The van der Waals surface area contributed by atoms with E-state index >= 15 is 0 Å². The van der Waals surface area contributed by atoms with Crippen LogP contribution in [0.1, 0.15) is 12.5 Å². The Bertz CT molecular complexity index is 1050. The number of anilines is 2. The number of nitrogens with zero attached hydrogens (tertiary/aromatic N) is 4. The van der Waals surface area contributed by atoms with Crippen molar-refractivity contribution in [1.29, 1.82) is 0 Å². The highest BCUT2D eigenvalue weighted by atomic mass is 32.2. The SMILES string of the molecule is O=C(O)C(F)(F)F.O=S(=O)(Nc1cc(N2CCNCC2)ccn1)c1cnn(C2CCOC2)c1. The van der Waals surface area contributed by atoms with Crippen LogP contribution in [0, 0.1) is 0 Å². The second-order valence-corrected chi connectivity index (χ2v) is 8.90. The quantitative estimate of drug-likeness (QED) is 0.560. The molecule has 182 valence electrons. The average Bonchev–Trinajstić information content (AvgIpc) is 3.46. The summed E-state index contributed by atoms with van der Waals surface area (Å²) in [5.41, 5.74) is 0.956. The maximum absolute atomic E-state index is 12.7. The highest BCUT2D eigenvalue weighted by molar-refractivity contribution is 7.92. The molecular weight excluding hydrogens is 469 g/mol. The van der Waals surface area contributed by atoms with Crippen molar-refractivity contribution in [2.75, 3.05) is 49.0 Å². The van der Waals surface area contributed by atoms with E-state index in [1.807, 2.05) is 6.07 Å². The van der Waals surface area contributed by atoms with Gasteiger partial charge in [0.1, 0.15) is 10.7 Å². The van der Waals surface area contributed by atoms with Crippen molar-refractivity contribution in [2.24, 2.45) is 0 Å². The summed E-state index contributed by atoms with van der Waals surface area (Å²) in [5.74, 6) is -2.45. The summed E-state index contributed by atoms with van der Waals surface area (Å²) in [6.45, 7) is 4.82. The fourth-order valence-corrected chi connectivity index (χ4v) is 4.12. The molecule has 1 atom stereocenters. The summed E-state index contributed by atoms with van der Waals surface area (Å²) in [6, 6.07) is 3.74. The molecule has 1 unspecified atom stereocenters. The largest absolute Gasteiger partial charge is 0.490 e. The van der Waals surface area contributed by atoms with Gasteiger partial charge in [0, 0.05) is 56.9 Å². The molecular formula is C18H23F3N6O5S. The van der Waals surface area contributed by atoms with Gasteiger partial charge < -0.3 is 20.1 Å². The predicted octanol–water partition coefficient (Wildman–Crippen LogP) is 1.08. The lowest BCUT2D eigenvalue weighted by Gasteiger charge is -2.29. The van der Waals surface area contributed by atoms with Crippen LogP contribution in [0.15, 0.2) is 35.6 Å². The first kappa shape index (κ1) is 24.7. The van der Waals surface area contributed by atoms with Gasteiger partial charge in [0.15, 0.2) is 0 Å². The summed E-state index contributed by atoms with van der Waals surface area (Å²) >= 11 is 0. The number of alkyl halides is 3. The van der Waals surface area contributed by atoms with Gasteiger partial charge in [0.05, 0.1) is 18.8 Å². The van der Waals surface area contributed by atoms with Gasteiger partial charge in [-0.25, -0.2) is 18.2 Å². The Morgan fingerprint density at radius 1 is 1.30 bits per heavy atom. The third-order valence-electron chi connectivity index (χ3n) is 4.87. The number of hydrogen-bond acceptors (Lipinski definition) is 8. The Kier molecular flexibility index (Phi) is 7.76. The summed E-state index contributed by atoms with van der Waals surface area (Å²) in [4.78, 5) is 15.4. The number of pyridine rings is 1. The van der Waals surface area contributed by atoms with Crippen LogP contribution in [0.5, 0.6) is 0 Å². The molecule has 2 aromatic heterocycles. The van der Waals surface area contributed by atoms with Gasteiger partial charge in [-0.05, 0) is 12.5 Å². The highest BCUT2D eigenvalue weighted by Gasteiger charge is 2.38. The van der Waals surface area contributed by atoms with Crippen LogP contribution in [0.25, 0.3) is 0 Å². The fourth-order valence-electron chi connectivity index (χ4n) is 3.18. The average molecular weight is 492 g/mol. The molecule has 0 spiro atoms. The molecule has 0 bridgehead atoms. The second kappa shape index (κ2) is 10.4. The maximum Gasteiger partial charge on any atom is 0.490 e. The lowest BCUT2D eigenvalue weighted by atomic mass is 10.3. The van der Waals surface area contributed by atoms with Crippen LogP contribution in [0.3, 0.4) is 0 Å². The molecule has 2 fully saturated rings. The number of hydrogen-bond donors (Lipinski definition) is 3. The number of piperazine rings is 1. The van der Waals surface area contributed by atoms with E-state index in [0.29, 0.717) is 19.0 Å². The van der Waals surface area contributed by atoms with E-state index in [1.165, 1.54) is 6.20 Å². The number of rotatable bonds is 5. The van der Waals surface area contributed by atoms with Crippen LogP contribution in [0.2, 0.25) is 0 Å². The zero-order valence-electron chi connectivity index (χ0n) is 17.3. The number of aliphatic carboxylic acids is 1. The molecule has 0 aromatic carbocycles. The van der Waals surface area contributed by atoms with E-state index in [2.05, 4.69) is 25.0 Å². The Morgan fingerprint density at radius 2 is 2.00 bits per heavy atom. The van der Waals surface area contributed by atoms with E-state index in [4.69, 9.17) is 14.6 Å². The molecule has 0 saturated carbocycles. The second-order valence-electron chi connectivity index (χ2n) is 7.22. The lowest BCUT2D eigenvalue weighted by Crippen LogP contribution is -2.43. The third kappa shape index (κ3) is 6.79. The molecule has 3 N–H and O–H groups in total. The minimum atomic E-state index is -5.08. The molecule has 2 aromatic rings. The number of nitrogens with one attached hydrogen (secondary N) is 2. The van der Waals surface area contributed by atoms with Crippen LogP contribution in [0.4, 0.5) is 24.7 Å². The first-order valence-corrected chi connectivity index (χ1v) is 11.4.